The first-order chi connectivity index (χ1) is 9.49. The molecule has 1 aromatic rings. The first-order valence-corrected chi connectivity index (χ1v) is 6.60. The molecule has 0 saturated heterocycles. The second-order valence-electron chi connectivity index (χ2n) is 4.51. The molecule has 0 radical (unpaired) electrons. The predicted octanol–water partition coefficient (Wildman–Crippen LogP) is 1.22. The number of carbonyl (C=O) groups excluding carboxylic acids is 2. The van der Waals surface area contributed by atoms with Crippen molar-refractivity contribution in [1.29, 1.82) is 0 Å². The van der Waals surface area contributed by atoms with E-state index in [1.54, 1.807) is 32.3 Å². The summed E-state index contributed by atoms with van der Waals surface area (Å²) in [5.41, 5.74) is 1.08. The number of nitrogens with one attached hydrogen (secondary N) is 1. The van der Waals surface area contributed by atoms with Crippen LogP contribution in [0.15, 0.2) is 18.3 Å². The Bertz CT molecular complexity index is 474. The molecule has 0 saturated carbocycles. The lowest BCUT2D eigenvalue weighted by Crippen LogP contribution is -2.36. The minimum Gasteiger partial charge on any atom is -0.465 e. The van der Waals surface area contributed by atoms with Crippen molar-refractivity contribution in [3.63, 3.8) is 0 Å². The van der Waals surface area contributed by atoms with E-state index in [0.717, 1.165) is 5.69 Å². The molecule has 0 aliphatic heterocycles. The summed E-state index contributed by atoms with van der Waals surface area (Å²) in [7, 11) is 1.55. The van der Waals surface area contributed by atoms with Gasteiger partial charge < -0.3 is 15.0 Å². The molecular weight excluding hydrogens is 258 g/mol. The highest BCUT2D eigenvalue weighted by molar-refractivity contribution is 5.93. The zero-order chi connectivity index (χ0) is 15.1. The van der Waals surface area contributed by atoms with Gasteiger partial charge >= 0.3 is 5.97 Å². The molecule has 6 heteroatoms. The fraction of sp³-hybridized carbons (Fsp3) is 0.500. The van der Waals surface area contributed by atoms with Crippen LogP contribution in [0, 0.1) is 0 Å². The number of aromatic nitrogens is 1. The Labute approximate surface area is 119 Å². The Balaban J connectivity index is 2.97. The van der Waals surface area contributed by atoms with Crippen LogP contribution in [0.2, 0.25) is 0 Å². The molecule has 0 atom stereocenters. The lowest BCUT2D eigenvalue weighted by Gasteiger charge is -2.28. The van der Waals surface area contributed by atoms with Crippen molar-refractivity contribution >= 4 is 17.6 Å². The van der Waals surface area contributed by atoms with E-state index in [0.29, 0.717) is 12.3 Å². The Morgan fingerprint density at radius 1 is 1.45 bits per heavy atom. The van der Waals surface area contributed by atoms with Crippen LogP contribution >= 0.6 is 0 Å². The van der Waals surface area contributed by atoms with Gasteiger partial charge in [0.25, 0.3) is 5.91 Å². The summed E-state index contributed by atoms with van der Waals surface area (Å²) >= 11 is 0. The summed E-state index contributed by atoms with van der Waals surface area (Å²) in [5.74, 6) is -0.550. The first kappa shape index (κ1) is 15.9. The summed E-state index contributed by atoms with van der Waals surface area (Å²) < 4.78 is 4.97. The summed E-state index contributed by atoms with van der Waals surface area (Å²) in [6.07, 6.45) is 1.56. The van der Waals surface area contributed by atoms with Crippen LogP contribution in [0.5, 0.6) is 0 Å². The van der Waals surface area contributed by atoms with E-state index in [9.17, 15) is 9.59 Å². The van der Waals surface area contributed by atoms with Crippen molar-refractivity contribution in [3.8, 4) is 0 Å². The van der Waals surface area contributed by atoms with Gasteiger partial charge in [-0.05, 0) is 32.9 Å². The monoisotopic (exact) mass is 279 g/mol. The molecule has 1 rings (SSSR count). The second-order valence-corrected chi connectivity index (χ2v) is 4.51. The number of carbonyl (C=O) groups is 2. The summed E-state index contributed by atoms with van der Waals surface area (Å²) in [4.78, 5) is 29.1. The van der Waals surface area contributed by atoms with Gasteiger partial charge in [0.2, 0.25) is 0 Å². The van der Waals surface area contributed by atoms with E-state index in [4.69, 9.17) is 4.74 Å². The van der Waals surface area contributed by atoms with Gasteiger partial charge in [0, 0.05) is 25.0 Å². The maximum atomic E-state index is 11.6. The van der Waals surface area contributed by atoms with E-state index in [1.807, 2.05) is 18.7 Å². The average Bonchev–Trinajstić information content (AvgIpc) is 2.44. The molecule has 0 unspecified atom stereocenters. The van der Waals surface area contributed by atoms with E-state index in [-0.39, 0.29) is 24.5 Å². The van der Waals surface area contributed by atoms with Gasteiger partial charge in [-0.15, -0.1) is 0 Å². The Morgan fingerprint density at radius 2 is 2.15 bits per heavy atom. The molecule has 1 aromatic heterocycles. The van der Waals surface area contributed by atoms with E-state index in [2.05, 4.69) is 10.3 Å². The molecule has 0 aromatic carbocycles. The molecule has 0 spiro atoms. The smallest absolute Gasteiger partial charge is 0.325 e. The number of anilines is 1. The van der Waals surface area contributed by atoms with Crippen LogP contribution < -0.4 is 10.2 Å². The van der Waals surface area contributed by atoms with Gasteiger partial charge in [-0.25, -0.2) is 0 Å². The summed E-state index contributed by atoms with van der Waals surface area (Å²) in [5, 5.41) is 2.53. The lowest BCUT2D eigenvalue weighted by molar-refractivity contribution is -0.141. The van der Waals surface area contributed by atoms with Crippen LogP contribution in [-0.4, -0.2) is 43.1 Å². The fourth-order valence-corrected chi connectivity index (χ4v) is 1.77. The Kier molecular flexibility index (Phi) is 5.96. The van der Waals surface area contributed by atoms with Crippen molar-refractivity contribution in [1.82, 2.24) is 10.3 Å². The third-order valence-electron chi connectivity index (χ3n) is 2.76. The number of nitrogens with zero attached hydrogens (tertiary/aromatic N) is 2. The maximum Gasteiger partial charge on any atom is 0.325 e. The zero-order valence-electron chi connectivity index (χ0n) is 12.3. The van der Waals surface area contributed by atoms with Gasteiger partial charge in [-0.1, -0.05) is 0 Å². The van der Waals surface area contributed by atoms with Gasteiger partial charge in [-0.2, -0.15) is 0 Å². The van der Waals surface area contributed by atoms with E-state index in [1.165, 1.54) is 0 Å². The predicted molar refractivity (Wildman–Crippen MR) is 76.7 cm³/mol. The van der Waals surface area contributed by atoms with Crippen LogP contribution in [0.3, 0.4) is 0 Å². The maximum absolute atomic E-state index is 11.6. The van der Waals surface area contributed by atoms with Crippen molar-refractivity contribution in [2.24, 2.45) is 0 Å². The van der Waals surface area contributed by atoms with Crippen LogP contribution in [0.25, 0.3) is 0 Å². The average molecular weight is 279 g/mol. The SMILES string of the molecule is CCOC(=O)CN(c1ccnc(C(=O)NC)c1)C(C)C. The Morgan fingerprint density at radius 3 is 2.70 bits per heavy atom. The largest absolute Gasteiger partial charge is 0.465 e. The third kappa shape index (κ3) is 4.22. The molecule has 0 bridgehead atoms. The number of pyridine rings is 1. The molecule has 0 fully saturated rings. The minimum absolute atomic E-state index is 0.0966. The normalized spacial score (nSPS) is 10.2. The van der Waals surface area contributed by atoms with Gasteiger partial charge in [-0.3, -0.25) is 14.6 Å². The third-order valence-corrected chi connectivity index (χ3v) is 2.76. The van der Waals surface area contributed by atoms with E-state index < -0.39 is 0 Å². The molecule has 110 valence electrons. The fourth-order valence-electron chi connectivity index (χ4n) is 1.77. The van der Waals surface area contributed by atoms with Crippen molar-refractivity contribution in [2.45, 2.75) is 26.8 Å². The highest BCUT2D eigenvalue weighted by Gasteiger charge is 2.17. The minimum atomic E-state index is -0.292. The zero-order valence-corrected chi connectivity index (χ0v) is 12.3. The number of hydrogen-bond donors (Lipinski definition) is 1. The number of esters is 1. The van der Waals surface area contributed by atoms with Crippen molar-refractivity contribution in [2.75, 3.05) is 25.1 Å². The summed E-state index contributed by atoms with van der Waals surface area (Å²) in [6, 6.07) is 3.53. The van der Waals surface area contributed by atoms with Crippen LogP contribution in [0.1, 0.15) is 31.3 Å². The lowest BCUT2D eigenvalue weighted by atomic mass is 10.2. The highest BCUT2D eigenvalue weighted by Crippen LogP contribution is 2.17. The van der Waals surface area contributed by atoms with Crippen LogP contribution in [0.4, 0.5) is 5.69 Å². The van der Waals surface area contributed by atoms with Crippen molar-refractivity contribution in [3.05, 3.63) is 24.0 Å². The standard InChI is InChI=1S/C14H21N3O3/c1-5-20-13(18)9-17(10(2)3)11-6-7-16-12(8-11)14(19)15-4/h6-8,10H,5,9H2,1-4H3,(H,15,19). The molecule has 1 heterocycles. The summed E-state index contributed by atoms with van der Waals surface area (Å²) in [6.45, 7) is 6.21. The van der Waals surface area contributed by atoms with Gasteiger partial charge in [0.15, 0.2) is 0 Å². The molecule has 0 aliphatic carbocycles. The van der Waals surface area contributed by atoms with Crippen molar-refractivity contribution < 1.29 is 14.3 Å². The molecule has 20 heavy (non-hydrogen) atoms. The molecule has 1 amide bonds. The molecule has 0 aliphatic rings. The number of rotatable bonds is 6. The first-order valence-electron chi connectivity index (χ1n) is 6.60. The molecular formula is C14H21N3O3. The molecule has 1 N–H and O–H groups in total. The molecule has 6 nitrogen and oxygen atoms in total. The van der Waals surface area contributed by atoms with Gasteiger partial charge in [0.1, 0.15) is 12.2 Å². The quantitative estimate of drug-likeness (QED) is 0.793. The second kappa shape index (κ2) is 7.47. The van der Waals surface area contributed by atoms with Gasteiger partial charge in [0.05, 0.1) is 6.61 Å². The number of amides is 1. The highest BCUT2D eigenvalue weighted by atomic mass is 16.5. The van der Waals surface area contributed by atoms with E-state index >= 15 is 0 Å². The number of hydrogen-bond acceptors (Lipinski definition) is 5. The Hall–Kier alpha value is -2.11. The topological polar surface area (TPSA) is 71.5 Å². The van der Waals surface area contributed by atoms with Crippen LogP contribution in [-0.2, 0) is 9.53 Å². The number of ether oxygens (including phenoxy) is 1.